The van der Waals surface area contributed by atoms with Crippen LogP contribution in [0, 0.1) is 6.92 Å². The second-order valence-electron chi connectivity index (χ2n) is 6.16. The molecule has 0 amide bonds. The second kappa shape index (κ2) is 6.94. The second-order valence-corrected chi connectivity index (χ2v) is 6.16. The Bertz CT molecular complexity index is 495. The first-order chi connectivity index (χ1) is 9.97. The third-order valence-electron chi connectivity index (χ3n) is 3.77. The van der Waals surface area contributed by atoms with Crippen molar-refractivity contribution >= 4 is 5.97 Å². The summed E-state index contributed by atoms with van der Waals surface area (Å²) in [7, 11) is 0. The monoisotopic (exact) mass is 291 g/mol. The molecule has 1 aliphatic rings. The maximum absolute atomic E-state index is 11.2. The molecule has 1 atom stereocenters. The summed E-state index contributed by atoms with van der Waals surface area (Å²) in [6, 6.07) is 6.07. The van der Waals surface area contributed by atoms with Crippen molar-refractivity contribution in [2.75, 3.05) is 6.61 Å². The smallest absolute Gasteiger partial charge is 0.320 e. The molecule has 0 heterocycles. The van der Waals surface area contributed by atoms with Crippen LogP contribution < -0.4 is 10.1 Å². The molecule has 4 heteroatoms. The van der Waals surface area contributed by atoms with E-state index in [0.29, 0.717) is 25.0 Å². The molecule has 2 N–H and O–H groups in total. The lowest BCUT2D eigenvalue weighted by atomic mass is 10.0. The molecular formula is C17H25NO3. The molecule has 1 aliphatic carbocycles. The van der Waals surface area contributed by atoms with Gasteiger partial charge in [-0.3, -0.25) is 4.79 Å². The minimum atomic E-state index is -0.793. The molecule has 0 aromatic heterocycles. The van der Waals surface area contributed by atoms with Crippen molar-refractivity contribution in [3.8, 4) is 5.75 Å². The number of aryl methyl sites for hydroxylation is 1. The highest BCUT2D eigenvalue weighted by atomic mass is 16.5. The summed E-state index contributed by atoms with van der Waals surface area (Å²) in [5.74, 6) is 0.472. The van der Waals surface area contributed by atoms with Crippen LogP contribution in [-0.2, 0) is 4.79 Å². The maximum atomic E-state index is 11.2. The van der Waals surface area contributed by atoms with Crippen molar-refractivity contribution in [3.63, 3.8) is 0 Å². The Balaban J connectivity index is 1.92. The highest BCUT2D eigenvalue weighted by molar-refractivity contribution is 5.73. The Morgan fingerprint density at radius 3 is 2.71 bits per heavy atom. The molecular weight excluding hydrogens is 266 g/mol. The van der Waals surface area contributed by atoms with Crippen LogP contribution in [0.25, 0.3) is 0 Å². The number of rotatable bonds is 8. The molecule has 1 aromatic carbocycles. The van der Waals surface area contributed by atoms with Crippen LogP contribution in [0.4, 0.5) is 0 Å². The van der Waals surface area contributed by atoms with Crippen LogP contribution in [0.5, 0.6) is 5.75 Å². The molecule has 116 valence electrons. The van der Waals surface area contributed by atoms with Gasteiger partial charge < -0.3 is 15.2 Å². The number of aliphatic carboxylic acids is 1. The Kier molecular flexibility index (Phi) is 5.23. The number of carboxylic acid groups (broad SMARTS) is 1. The lowest BCUT2D eigenvalue weighted by Crippen LogP contribution is -2.39. The van der Waals surface area contributed by atoms with Gasteiger partial charge in [0.15, 0.2) is 0 Å². The van der Waals surface area contributed by atoms with Gasteiger partial charge in [0, 0.05) is 12.5 Å². The van der Waals surface area contributed by atoms with Gasteiger partial charge in [-0.25, -0.2) is 0 Å². The van der Waals surface area contributed by atoms with Gasteiger partial charge in [0.05, 0.1) is 6.61 Å². The number of hydrogen-bond acceptors (Lipinski definition) is 3. The van der Waals surface area contributed by atoms with Crippen molar-refractivity contribution in [1.29, 1.82) is 0 Å². The van der Waals surface area contributed by atoms with Crippen molar-refractivity contribution in [2.45, 2.75) is 58.0 Å². The fourth-order valence-electron chi connectivity index (χ4n) is 2.34. The highest BCUT2D eigenvalue weighted by Crippen LogP contribution is 2.27. The number of hydrogen-bond donors (Lipinski definition) is 2. The highest BCUT2D eigenvalue weighted by Gasteiger charge is 2.28. The van der Waals surface area contributed by atoms with Gasteiger partial charge in [-0.15, -0.1) is 0 Å². The molecule has 0 spiro atoms. The number of ether oxygens (including phenoxy) is 1. The molecule has 1 saturated carbocycles. The summed E-state index contributed by atoms with van der Waals surface area (Å²) in [6.45, 7) is 6.71. The van der Waals surface area contributed by atoms with Crippen LogP contribution in [0.1, 0.15) is 50.2 Å². The molecule has 0 radical (unpaired) electrons. The zero-order valence-corrected chi connectivity index (χ0v) is 13.1. The fraction of sp³-hybridized carbons (Fsp3) is 0.588. The van der Waals surface area contributed by atoms with Gasteiger partial charge in [-0.05, 0) is 42.9 Å². The summed E-state index contributed by atoms with van der Waals surface area (Å²) < 4.78 is 5.86. The Morgan fingerprint density at radius 2 is 2.14 bits per heavy atom. The molecule has 1 aromatic rings. The van der Waals surface area contributed by atoms with Crippen molar-refractivity contribution in [2.24, 2.45) is 0 Å². The first-order valence-electron chi connectivity index (χ1n) is 7.69. The minimum Gasteiger partial charge on any atom is -0.493 e. The zero-order chi connectivity index (χ0) is 15.4. The predicted molar refractivity (Wildman–Crippen MR) is 83.0 cm³/mol. The van der Waals surface area contributed by atoms with Gasteiger partial charge in [-0.1, -0.05) is 26.0 Å². The van der Waals surface area contributed by atoms with Crippen LogP contribution in [0.15, 0.2) is 18.2 Å². The van der Waals surface area contributed by atoms with Gasteiger partial charge in [0.25, 0.3) is 0 Å². The first-order valence-corrected chi connectivity index (χ1v) is 7.69. The van der Waals surface area contributed by atoms with Crippen LogP contribution in [-0.4, -0.2) is 29.8 Å². The third kappa shape index (κ3) is 4.74. The summed E-state index contributed by atoms with van der Waals surface area (Å²) in [4.78, 5) is 11.2. The van der Waals surface area contributed by atoms with E-state index in [1.807, 2.05) is 13.0 Å². The van der Waals surface area contributed by atoms with E-state index in [2.05, 4.69) is 31.3 Å². The quantitative estimate of drug-likeness (QED) is 0.772. The van der Waals surface area contributed by atoms with Crippen molar-refractivity contribution in [3.05, 3.63) is 29.3 Å². The number of nitrogens with one attached hydrogen (secondary N) is 1. The number of benzene rings is 1. The lowest BCUT2D eigenvalue weighted by molar-refractivity contribution is -0.139. The zero-order valence-electron chi connectivity index (χ0n) is 13.1. The normalized spacial score (nSPS) is 16.0. The van der Waals surface area contributed by atoms with E-state index in [4.69, 9.17) is 4.74 Å². The molecule has 1 fully saturated rings. The molecule has 0 saturated heterocycles. The average Bonchev–Trinajstić information content (AvgIpc) is 3.21. The van der Waals surface area contributed by atoms with E-state index >= 15 is 0 Å². The van der Waals surface area contributed by atoms with Crippen molar-refractivity contribution in [1.82, 2.24) is 5.32 Å². The van der Waals surface area contributed by atoms with Crippen LogP contribution >= 0.6 is 0 Å². The van der Waals surface area contributed by atoms with Gasteiger partial charge in [0.1, 0.15) is 11.8 Å². The average molecular weight is 291 g/mol. The lowest BCUT2D eigenvalue weighted by Gasteiger charge is -2.17. The van der Waals surface area contributed by atoms with E-state index in [9.17, 15) is 9.90 Å². The Hall–Kier alpha value is -1.55. The third-order valence-corrected chi connectivity index (χ3v) is 3.77. The van der Waals surface area contributed by atoms with Crippen molar-refractivity contribution < 1.29 is 14.6 Å². The summed E-state index contributed by atoms with van der Waals surface area (Å²) in [6.07, 6.45) is 2.65. The summed E-state index contributed by atoms with van der Waals surface area (Å²) in [5, 5.41) is 12.4. The van der Waals surface area contributed by atoms with E-state index in [0.717, 1.165) is 24.2 Å². The summed E-state index contributed by atoms with van der Waals surface area (Å²) in [5.41, 5.74) is 2.32. The Labute approximate surface area is 126 Å². The predicted octanol–water partition coefficient (Wildman–Crippen LogP) is 3.09. The van der Waals surface area contributed by atoms with Crippen LogP contribution in [0.3, 0.4) is 0 Å². The molecule has 21 heavy (non-hydrogen) atoms. The first kappa shape index (κ1) is 15.8. The van der Waals surface area contributed by atoms with Crippen LogP contribution in [0.2, 0.25) is 0 Å². The van der Waals surface area contributed by atoms with Gasteiger partial charge in [0.2, 0.25) is 0 Å². The van der Waals surface area contributed by atoms with E-state index < -0.39 is 12.0 Å². The topological polar surface area (TPSA) is 58.6 Å². The number of carbonyl (C=O) groups is 1. The molecule has 1 unspecified atom stereocenters. The fourth-order valence-corrected chi connectivity index (χ4v) is 2.34. The molecule has 0 bridgehead atoms. The Morgan fingerprint density at radius 1 is 1.43 bits per heavy atom. The SMILES string of the molecule is Cc1ccc(C(C)C)c(OCCC(NC2CC2)C(=O)O)c1. The molecule has 0 aliphatic heterocycles. The standard InChI is InChI=1S/C17H25NO3/c1-11(2)14-7-4-12(3)10-16(14)21-9-8-15(17(19)20)18-13-5-6-13/h4,7,10-11,13,15,18H,5-6,8-9H2,1-3H3,(H,19,20). The van der Waals surface area contributed by atoms with Gasteiger partial charge >= 0.3 is 5.97 Å². The van der Waals surface area contributed by atoms with E-state index in [1.54, 1.807) is 0 Å². The molecule has 4 nitrogen and oxygen atoms in total. The minimum absolute atomic E-state index is 0.385. The maximum Gasteiger partial charge on any atom is 0.320 e. The number of carboxylic acids is 1. The largest absolute Gasteiger partial charge is 0.493 e. The van der Waals surface area contributed by atoms with E-state index in [-0.39, 0.29) is 0 Å². The van der Waals surface area contributed by atoms with E-state index in [1.165, 1.54) is 5.56 Å². The summed E-state index contributed by atoms with van der Waals surface area (Å²) >= 11 is 0. The molecule has 2 rings (SSSR count). The van der Waals surface area contributed by atoms with Gasteiger partial charge in [-0.2, -0.15) is 0 Å².